The Hall–Kier alpha value is -3.62. The number of aliphatic hydroxyl groups is 1. The third kappa shape index (κ3) is 5.55. The van der Waals surface area contributed by atoms with E-state index in [4.69, 9.17) is 14.2 Å². The predicted molar refractivity (Wildman–Crippen MR) is 135 cm³/mol. The molecule has 0 bridgehead atoms. The Morgan fingerprint density at radius 3 is 2.51 bits per heavy atom. The lowest BCUT2D eigenvalue weighted by Gasteiger charge is -2.32. The molecule has 2 heterocycles. The third-order valence-corrected chi connectivity index (χ3v) is 6.18. The number of rotatable bonds is 7. The van der Waals surface area contributed by atoms with Crippen LogP contribution in [0, 0.1) is 6.92 Å². The second-order valence-corrected chi connectivity index (χ2v) is 8.50. The van der Waals surface area contributed by atoms with E-state index in [1.165, 1.54) is 0 Å². The van der Waals surface area contributed by atoms with Gasteiger partial charge in [0.05, 0.1) is 45.7 Å². The van der Waals surface area contributed by atoms with Crippen LogP contribution in [0.2, 0.25) is 0 Å². The number of hydrogen-bond donors (Lipinski definition) is 1. The monoisotopic (exact) mass is 477 g/mol. The quantitative estimate of drug-likeness (QED) is 0.558. The summed E-state index contributed by atoms with van der Waals surface area (Å²) < 4.78 is 16.0. The molecular weight excluding hydrogens is 446 g/mol. The van der Waals surface area contributed by atoms with E-state index in [0.29, 0.717) is 36.9 Å². The Balaban J connectivity index is 1.68. The van der Waals surface area contributed by atoms with Crippen LogP contribution >= 0.6 is 0 Å². The average molecular weight is 478 g/mol. The number of aliphatic hydroxyl groups excluding tert-OH is 1. The highest BCUT2D eigenvalue weighted by Gasteiger charge is 2.23. The molecule has 4 rings (SSSR count). The molecule has 3 aromatic rings. The summed E-state index contributed by atoms with van der Waals surface area (Å²) in [5, 5.41) is 9.94. The van der Waals surface area contributed by atoms with Gasteiger partial charge in [0.2, 0.25) is 5.91 Å². The smallest absolute Gasteiger partial charge is 0.231 e. The summed E-state index contributed by atoms with van der Waals surface area (Å²) in [6, 6.07) is 15.5. The van der Waals surface area contributed by atoms with Crippen LogP contribution in [0.1, 0.15) is 11.1 Å². The van der Waals surface area contributed by atoms with Crippen LogP contribution in [0.25, 0.3) is 11.1 Å². The van der Waals surface area contributed by atoms with Gasteiger partial charge in [0, 0.05) is 25.2 Å². The van der Waals surface area contributed by atoms with Crippen molar-refractivity contribution in [2.24, 2.45) is 0 Å². The highest BCUT2D eigenvalue weighted by atomic mass is 16.6. The van der Waals surface area contributed by atoms with Gasteiger partial charge in [-0.15, -0.1) is 0 Å². The molecule has 1 aromatic heterocycles. The average Bonchev–Trinajstić information content (AvgIpc) is 2.88. The van der Waals surface area contributed by atoms with Crippen LogP contribution in [0.5, 0.6) is 11.5 Å². The lowest BCUT2D eigenvalue weighted by Crippen LogP contribution is -2.42. The highest BCUT2D eigenvalue weighted by Crippen LogP contribution is 2.35. The molecule has 1 amide bonds. The van der Waals surface area contributed by atoms with Crippen LogP contribution in [-0.2, 0) is 16.0 Å². The number of ether oxygens (including phenoxy) is 3. The number of β-amino-alcohol motifs (C(OH)–C–C–N with tert-alkyl or cyclic N) is 1. The van der Waals surface area contributed by atoms with E-state index in [0.717, 1.165) is 28.1 Å². The molecule has 8 nitrogen and oxygen atoms in total. The van der Waals surface area contributed by atoms with Gasteiger partial charge in [0.1, 0.15) is 17.3 Å². The fourth-order valence-electron chi connectivity index (χ4n) is 4.20. The second-order valence-electron chi connectivity index (χ2n) is 8.50. The Kier molecular flexibility index (Phi) is 7.53. The SMILES string of the molecule is COc1cc(CC(=O)N(C)c2cnc(N3CCOC(O)C3)cc2-c2ccccc2C)cc(OC)c1. The van der Waals surface area contributed by atoms with Gasteiger partial charge >= 0.3 is 0 Å². The highest BCUT2D eigenvalue weighted by molar-refractivity contribution is 5.99. The minimum Gasteiger partial charge on any atom is -0.497 e. The molecular formula is C27H31N3O5. The van der Waals surface area contributed by atoms with Crippen molar-refractivity contribution in [3.05, 3.63) is 65.9 Å². The van der Waals surface area contributed by atoms with E-state index >= 15 is 0 Å². The number of nitrogens with zero attached hydrogens (tertiary/aromatic N) is 3. The number of anilines is 2. The van der Waals surface area contributed by atoms with Crippen LogP contribution in [-0.4, -0.2) is 63.3 Å². The summed E-state index contributed by atoms with van der Waals surface area (Å²) in [5.74, 6) is 1.91. The van der Waals surface area contributed by atoms with E-state index < -0.39 is 6.29 Å². The number of morpholine rings is 1. The van der Waals surface area contributed by atoms with Crippen LogP contribution < -0.4 is 19.3 Å². The maximum Gasteiger partial charge on any atom is 0.231 e. The first-order valence-electron chi connectivity index (χ1n) is 11.5. The topological polar surface area (TPSA) is 84.4 Å². The van der Waals surface area contributed by atoms with E-state index in [1.807, 2.05) is 54.3 Å². The number of methoxy groups -OCH3 is 2. The van der Waals surface area contributed by atoms with E-state index in [-0.39, 0.29) is 12.3 Å². The van der Waals surface area contributed by atoms with Crippen molar-refractivity contribution in [1.82, 2.24) is 4.98 Å². The van der Waals surface area contributed by atoms with Crippen molar-refractivity contribution in [3.63, 3.8) is 0 Å². The zero-order valence-corrected chi connectivity index (χ0v) is 20.5. The van der Waals surface area contributed by atoms with Crippen molar-refractivity contribution < 1.29 is 24.1 Å². The first kappa shape index (κ1) is 24.5. The van der Waals surface area contributed by atoms with Gasteiger partial charge in [0.15, 0.2) is 6.29 Å². The molecule has 184 valence electrons. The van der Waals surface area contributed by atoms with Crippen LogP contribution in [0.15, 0.2) is 54.7 Å². The summed E-state index contributed by atoms with van der Waals surface area (Å²) in [4.78, 5) is 21.6. The first-order chi connectivity index (χ1) is 16.9. The minimum atomic E-state index is -0.851. The predicted octanol–water partition coefficient (Wildman–Crippen LogP) is 3.43. The molecule has 0 radical (unpaired) electrons. The molecule has 1 saturated heterocycles. The van der Waals surface area contributed by atoms with E-state index in [2.05, 4.69) is 4.98 Å². The molecule has 1 N–H and O–H groups in total. The zero-order chi connectivity index (χ0) is 24.9. The molecule has 8 heteroatoms. The molecule has 1 aliphatic rings. The molecule has 1 fully saturated rings. The Labute approximate surface area is 205 Å². The summed E-state index contributed by atoms with van der Waals surface area (Å²) in [6.07, 6.45) is 1.05. The summed E-state index contributed by atoms with van der Waals surface area (Å²) >= 11 is 0. The maximum atomic E-state index is 13.4. The van der Waals surface area contributed by atoms with E-state index in [9.17, 15) is 9.90 Å². The van der Waals surface area contributed by atoms with Crippen LogP contribution in [0.3, 0.4) is 0 Å². The van der Waals surface area contributed by atoms with Gasteiger partial charge in [-0.25, -0.2) is 4.98 Å². The normalized spacial score (nSPS) is 15.6. The third-order valence-electron chi connectivity index (χ3n) is 6.18. The number of aryl methyl sites for hydroxylation is 1. The molecule has 2 aromatic carbocycles. The fourth-order valence-corrected chi connectivity index (χ4v) is 4.20. The van der Waals surface area contributed by atoms with Gasteiger partial charge in [-0.3, -0.25) is 4.79 Å². The Morgan fingerprint density at radius 2 is 1.86 bits per heavy atom. The Morgan fingerprint density at radius 1 is 1.14 bits per heavy atom. The van der Waals surface area contributed by atoms with Crippen LogP contribution in [0.4, 0.5) is 11.5 Å². The number of amides is 1. The zero-order valence-electron chi connectivity index (χ0n) is 20.5. The molecule has 0 aliphatic carbocycles. The number of pyridine rings is 1. The minimum absolute atomic E-state index is 0.0912. The number of carbonyl (C=O) groups excluding carboxylic acids is 1. The second kappa shape index (κ2) is 10.8. The van der Waals surface area contributed by atoms with Gasteiger partial charge in [-0.05, 0) is 41.8 Å². The summed E-state index contributed by atoms with van der Waals surface area (Å²) in [5.41, 5.74) is 4.50. The summed E-state index contributed by atoms with van der Waals surface area (Å²) in [7, 11) is 4.93. The van der Waals surface area contributed by atoms with Crippen molar-refractivity contribution in [2.75, 3.05) is 50.8 Å². The van der Waals surface area contributed by atoms with Crippen molar-refractivity contribution in [1.29, 1.82) is 0 Å². The fraction of sp³-hybridized carbons (Fsp3) is 0.333. The number of hydrogen-bond acceptors (Lipinski definition) is 7. The van der Waals surface area contributed by atoms with Gasteiger partial charge in [-0.2, -0.15) is 0 Å². The van der Waals surface area contributed by atoms with Crippen molar-refractivity contribution in [2.45, 2.75) is 19.6 Å². The first-order valence-corrected chi connectivity index (χ1v) is 11.5. The number of likely N-dealkylation sites (N-methyl/N-ethyl adjacent to an activating group) is 1. The largest absolute Gasteiger partial charge is 0.497 e. The van der Waals surface area contributed by atoms with Gasteiger partial charge in [0.25, 0.3) is 0 Å². The number of aromatic nitrogens is 1. The molecule has 1 unspecified atom stereocenters. The van der Waals surface area contributed by atoms with E-state index in [1.54, 1.807) is 38.4 Å². The molecule has 35 heavy (non-hydrogen) atoms. The van der Waals surface area contributed by atoms with Gasteiger partial charge < -0.3 is 29.1 Å². The molecule has 0 saturated carbocycles. The number of carbonyl (C=O) groups is 1. The molecule has 1 atom stereocenters. The lowest BCUT2D eigenvalue weighted by atomic mass is 9.99. The standard InChI is InChI=1S/C27H31N3O5/c1-18-7-5-6-8-22(18)23-15-25(30-9-10-35-27(32)17-30)28-16-24(23)29(2)26(31)13-19-11-20(33-3)14-21(12-19)34-4/h5-8,11-12,14-16,27,32H,9-10,13,17H2,1-4H3. The number of benzene rings is 2. The maximum absolute atomic E-state index is 13.4. The molecule has 0 spiro atoms. The van der Waals surface area contributed by atoms with Crippen molar-refractivity contribution >= 4 is 17.4 Å². The Bertz CT molecular complexity index is 1180. The van der Waals surface area contributed by atoms with Gasteiger partial charge in [-0.1, -0.05) is 24.3 Å². The summed E-state index contributed by atoms with van der Waals surface area (Å²) in [6.45, 7) is 3.43. The molecule has 1 aliphatic heterocycles. The lowest BCUT2D eigenvalue weighted by molar-refractivity contribution is -0.117. The van der Waals surface area contributed by atoms with Crippen molar-refractivity contribution in [3.8, 4) is 22.6 Å².